The van der Waals surface area contributed by atoms with Gasteiger partial charge in [0.1, 0.15) is 5.75 Å². The van der Waals surface area contributed by atoms with Crippen LogP contribution in [0.5, 0.6) is 5.75 Å². The van der Waals surface area contributed by atoms with Crippen molar-refractivity contribution in [3.05, 3.63) is 24.3 Å². The highest BCUT2D eigenvalue weighted by molar-refractivity contribution is 5.90. The van der Waals surface area contributed by atoms with E-state index in [1.165, 1.54) is 12.1 Å². The van der Waals surface area contributed by atoms with Gasteiger partial charge in [0.15, 0.2) is 0 Å². The minimum Gasteiger partial charge on any atom is -0.433 e. The van der Waals surface area contributed by atoms with Crippen molar-refractivity contribution in [2.45, 2.75) is 13.0 Å². The fourth-order valence-corrected chi connectivity index (χ4v) is 1.35. The predicted molar refractivity (Wildman–Crippen MR) is 66.6 cm³/mol. The first kappa shape index (κ1) is 15.2. The molecule has 0 unspecified atom stereocenters. The van der Waals surface area contributed by atoms with Crippen LogP contribution in [0.2, 0.25) is 0 Å². The molecule has 2 N–H and O–H groups in total. The molecule has 0 heterocycles. The molecule has 106 valence electrons. The third-order valence-corrected chi connectivity index (χ3v) is 2.16. The number of anilines is 1. The van der Waals surface area contributed by atoms with E-state index in [-0.39, 0.29) is 11.4 Å². The number of alkyl halides is 2. The van der Waals surface area contributed by atoms with E-state index in [1.807, 2.05) is 0 Å². The zero-order chi connectivity index (χ0) is 14.1. The number of benzene rings is 1. The summed E-state index contributed by atoms with van der Waals surface area (Å²) in [5.74, 6) is -0.0791. The summed E-state index contributed by atoms with van der Waals surface area (Å²) < 4.78 is 33.4. The maximum Gasteiger partial charge on any atom is 0.387 e. The predicted octanol–water partition coefficient (Wildman–Crippen LogP) is 2.45. The largest absolute Gasteiger partial charge is 0.433 e. The molecule has 1 rings (SSSR count). The molecule has 1 aromatic carbocycles. The van der Waals surface area contributed by atoms with Crippen LogP contribution in [-0.4, -0.2) is 32.9 Å². The fourth-order valence-electron chi connectivity index (χ4n) is 1.35. The molecule has 0 aromatic heterocycles. The van der Waals surface area contributed by atoms with Crippen LogP contribution in [0.3, 0.4) is 0 Å². The van der Waals surface area contributed by atoms with Gasteiger partial charge in [0.2, 0.25) is 0 Å². The van der Waals surface area contributed by atoms with E-state index >= 15 is 0 Å². The molecule has 0 radical (unpaired) electrons. The quantitative estimate of drug-likeness (QED) is 0.751. The minimum absolute atomic E-state index is 0.0791. The molecule has 0 spiro atoms. The van der Waals surface area contributed by atoms with Crippen molar-refractivity contribution in [1.82, 2.24) is 5.32 Å². The van der Waals surface area contributed by atoms with Gasteiger partial charge < -0.3 is 20.1 Å². The number of nitrogens with one attached hydrogen (secondary N) is 2. The Balaban J connectivity index is 2.49. The highest BCUT2D eigenvalue weighted by Gasteiger charge is 2.10. The molecular formula is C12H16F2N2O3. The lowest BCUT2D eigenvalue weighted by Gasteiger charge is -2.12. The third kappa shape index (κ3) is 6.01. The first-order valence-corrected chi connectivity index (χ1v) is 5.71. The molecule has 2 amide bonds. The number of ether oxygens (including phenoxy) is 2. The summed E-state index contributed by atoms with van der Waals surface area (Å²) in [6, 6.07) is 5.50. The van der Waals surface area contributed by atoms with E-state index in [0.29, 0.717) is 19.6 Å². The number of para-hydroxylation sites is 2. The lowest BCUT2D eigenvalue weighted by Crippen LogP contribution is -2.30. The lowest BCUT2D eigenvalue weighted by molar-refractivity contribution is -0.0493. The highest BCUT2D eigenvalue weighted by Crippen LogP contribution is 2.25. The van der Waals surface area contributed by atoms with Crippen LogP contribution in [0.4, 0.5) is 19.3 Å². The van der Waals surface area contributed by atoms with Gasteiger partial charge in [-0.3, -0.25) is 0 Å². The molecule has 0 saturated heterocycles. The highest BCUT2D eigenvalue weighted by atomic mass is 19.3. The number of amides is 2. The first-order valence-electron chi connectivity index (χ1n) is 5.71. The lowest BCUT2D eigenvalue weighted by atomic mass is 10.3. The van der Waals surface area contributed by atoms with E-state index < -0.39 is 12.6 Å². The van der Waals surface area contributed by atoms with Gasteiger partial charge >= 0.3 is 12.6 Å². The Morgan fingerprint density at radius 3 is 2.79 bits per heavy atom. The molecule has 0 saturated carbocycles. The van der Waals surface area contributed by atoms with Crippen LogP contribution in [0.25, 0.3) is 0 Å². The van der Waals surface area contributed by atoms with Crippen molar-refractivity contribution >= 4 is 11.7 Å². The molecular weight excluding hydrogens is 258 g/mol. The molecule has 0 fully saturated rings. The number of carbonyl (C=O) groups excluding carboxylic acids is 1. The van der Waals surface area contributed by atoms with Gasteiger partial charge in [-0.2, -0.15) is 8.78 Å². The second kappa shape index (κ2) is 8.25. The van der Waals surface area contributed by atoms with Crippen LogP contribution in [0, 0.1) is 0 Å². The number of hydrogen-bond donors (Lipinski definition) is 2. The van der Waals surface area contributed by atoms with E-state index in [2.05, 4.69) is 15.4 Å². The average molecular weight is 274 g/mol. The van der Waals surface area contributed by atoms with Crippen LogP contribution in [0.15, 0.2) is 24.3 Å². The van der Waals surface area contributed by atoms with Crippen molar-refractivity contribution in [2.75, 3.05) is 25.6 Å². The topological polar surface area (TPSA) is 59.6 Å². The molecule has 0 atom stereocenters. The summed E-state index contributed by atoms with van der Waals surface area (Å²) >= 11 is 0. The zero-order valence-electron chi connectivity index (χ0n) is 10.5. The number of hydrogen-bond acceptors (Lipinski definition) is 3. The molecule has 0 aliphatic rings. The second-order valence-electron chi connectivity index (χ2n) is 3.60. The SMILES string of the molecule is COCCCNC(=O)Nc1ccccc1OC(F)F. The van der Waals surface area contributed by atoms with Gasteiger partial charge in [0, 0.05) is 20.3 Å². The monoisotopic (exact) mass is 274 g/mol. The number of carbonyl (C=O) groups is 1. The molecule has 0 bridgehead atoms. The Bertz CT molecular complexity index is 402. The van der Waals surface area contributed by atoms with Gasteiger partial charge in [0.05, 0.1) is 5.69 Å². The van der Waals surface area contributed by atoms with E-state index in [0.717, 1.165) is 0 Å². The summed E-state index contributed by atoms with van der Waals surface area (Å²) in [6.45, 7) is -1.98. The van der Waals surface area contributed by atoms with E-state index in [1.54, 1.807) is 19.2 Å². The van der Waals surface area contributed by atoms with Crippen LogP contribution < -0.4 is 15.4 Å². The second-order valence-corrected chi connectivity index (χ2v) is 3.60. The molecule has 0 aliphatic carbocycles. The molecule has 19 heavy (non-hydrogen) atoms. The summed E-state index contributed by atoms with van der Waals surface area (Å²) in [4.78, 5) is 11.5. The number of methoxy groups -OCH3 is 1. The van der Waals surface area contributed by atoms with Gasteiger partial charge in [-0.05, 0) is 18.6 Å². The Kier molecular flexibility index (Phi) is 6.59. The summed E-state index contributed by atoms with van der Waals surface area (Å²) in [5, 5.41) is 5.02. The van der Waals surface area contributed by atoms with Crippen molar-refractivity contribution in [1.29, 1.82) is 0 Å². The Hall–Kier alpha value is -1.89. The maximum absolute atomic E-state index is 12.2. The van der Waals surface area contributed by atoms with Gasteiger partial charge in [-0.1, -0.05) is 12.1 Å². The van der Waals surface area contributed by atoms with Crippen molar-refractivity contribution < 1.29 is 23.0 Å². The average Bonchev–Trinajstić information content (AvgIpc) is 2.36. The Morgan fingerprint density at radius 1 is 1.37 bits per heavy atom. The minimum atomic E-state index is -2.94. The molecule has 7 heteroatoms. The van der Waals surface area contributed by atoms with Crippen LogP contribution >= 0.6 is 0 Å². The number of halogens is 2. The summed E-state index contributed by atoms with van der Waals surface area (Å²) in [5.41, 5.74) is 0.187. The Morgan fingerprint density at radius 2 is 2.11 bits per heavy atom. The van der Waals surface area contributed by atoms with Gasteiger partial charge in [0.25, 0.3) is 0 Å². The maximum atomic E-state index is 12.2. The fraction of sp³-hybridized carbons (Fsp3) is 0.417. The first-order chi connectivity index (χ1) is 9.13. The summed E-state index contributed by atoms with van der Waals surface area (Å²) in [6.07, 6.45) is 0.666. The van der Waals surface area contributed by atoms with Gasteiger partial charge in [-0.15, -0.1) is 0 Å². The molecule has 1 aromatic rings. The standard InChI is InChI=1S/C12H16F2N2O3/c1-18-8-4-7-15-12(17)16-9-5-2-3-6-10(9)19-11(13)14/h2-3,5-6,11H,4,7-8H2,1H3,(H2,15,16,17). The smallest absolute Gasteiger partial charge is 0.387 e. The third-order valence-electron chi connectivity index (χ3n) is 2.16. The Labute approximate surface area is 109 Å². The van der Waals surface area contributed by atoms with Crippen LogP contribution in [-0.2, 0) is 4.74 Å². The van der Waals surface area contributed by atoms with Gasteiger partial charge in [-0.25, -0.2) is 4.79 Å². The number of rotatable bonds is 7. The van der Waals surface area contributed by atoms with Crippen molar-refractivity contribution in [3.8, 4) is 5.75 Å². The van der Waals surface area contributed by atoms with Crippen LogP contribution in [0.1, 0.15) is 6.42 Å². The molecule has 5 nitrogen and oxygen atoms in total. The number of urea groups is 1. The molecule has 0 aliphatic heterocycles. The zero-order valence-corrected chi connectivity index (χ0v) is 10.5. The summed E-state index contributed by atoms with van der Waals surface area (Å²) in [7, 11) is 1.57. The van der Waals surface area contributed by atoms with E-state index in [4.69, 9.17) is 4.74 Å². The normalized spacial score (nSPS) is 10.3. The van der Waals surface area contributed by atoms with Crippen molar-refractivity contribution in [2.24, 2.45) is 0 Å². The van der Waals surface area contributed by atoms with E-state index in [9.17, 15) is 13.6 Å². The van der Waals surface area contributed by atoms with Crippen molar-refractivity contribution in [3.63, 3.8) is 0 Å².